The number of benzene rings is 4. The van der Waals surface area contributed by atoms with Crippen molar-refractivity contribution < 1.29 is 28.6 Å². The third-order valence-electron chi connectivity index (χ3n) is 6.43. The molecule has 0 fully saturated rings. The summed E-state index contributed by atoms with van der Waals surface area (Å²) >= 11 is 3.61. The minimum atomic E-state index is -0.543. The highest BCUT2D eigenvalue weighted by molar-refractivity contribution is 14.1. The van der Waals surface area contributed by atoms with Gasteiger partial charge >= 0.3 is 0 Å². The maximum Gasteiger partial charge on any atom is 0.272 e. The molecular weight excluding hydrogens is 705 g/mol. The van der Waals surface area contributed by atoms with Crippen molar-refractivity contribution >= 4 is 69.5 Å². The van der Waals surface area contributed by atoms with Gasteiger partial charge in [-0.3, -0.25) is 14.4 Å². The van der Waals surface area contributed by atoms with Crippen LogP contribution in [0.15, 0.2) is 102 Å². The molecule has 0 heterocycles. The minimum Gasteiger partial charge on any atom is -0.493 e. The number of hydrogen-bond acceptors (Lipinski definition) is 7. The van der Waals surface area contributed by atoms with E-state index in [0.29, 0.717) is 34.1 Å². The zero-order chi connectivity index (χ0) is 32.3. The molecule has 1 unspecified atom stereocenters. The molecule has 0 aliphatic heterocycles. The Morgan fingerprint density at radius 3 is 1.93 bits per heavy atom. The predicted molar refractivity (Wildman–Crippen MR) is 186 cm³/mol. The van der Waals surface area contributed by atoms with E-state index in [-0.39, 0.29) is 16.9 Å². The van der Waals surface area contributed by atoms with Crippen LogP contribution in [0, 0.1) is 3.57 Å². The van der Waals surface area contributed by atoms with E-state index in [2.05, 4.69) is 38.5 Å². The van der Waals surface area contributed by atoms with Gasteiger partial charge in [0.15, 0.2) is 11.5 Å². The van der Waals surface area contributed by atoms with Crippen molar-refractivity contribution in [2.45, 2.75) is 17.1 Å². The van der Waals surface area contributed by atoms with Gasteiger partial charge in [-0.2, -0.15) is 0 Å². The number of nitrogens with one attached hydrogen (secondary N) is 3. The van der Waals surface area contributed by atoms with Crippen LogP contribution in [0.5, 0.6) is 17.2 Å². The summed E-state index contributed by atoms with van der Waals surface area (Å²) in [6.07, 6.45) is 1.53. The van der Waals surface area contributed by atoms with Crippen molar-refractivity contribution in [3.63, 3.8) is 0 Å². The molecule has 0 saturated heterocycles. The second-order valence-electron chi connectivity index (χ2n) is 9.57. The SMILES string of the molecule is COc1cc(/C=C(\NC(=O)c2ccccc2)C(=O)Nc2ccc(SC(C)C(=O)Nc3ccc(I)cc3)cc2)cc(OC)c1OC. The predicted octanol–water partition coefficient (Wildman–Crippen LogP) is 6.85. The molecule has 0 spiro atoms. The van der Waals surface area contributed by atoms with Gasteiger partial charge in [-0.15, -0.1) is 11.8 Å². The molecular formula is C34H32IN3O6S. The van der Waals surface area contributed by atoms with Gasteiger partial charge in [0.05, 0.1) is 26.6 Å². The second kappa shape index (κ2) is 16.0. The summed E-state index contributed by atoms with van der Waals surface area (Å²) in [7, 11) is 4.49. The molecule has 3 amide bonds. The topological polar surface area (TPSA) is 115 Å². The molecule has 1 atom stereocenters. The first-order chi connectivity index (χ1) is 21.7. The van der Waals surface area contributed by atoms with Gasteiger partial charge in [-0.25, -0.2) is 0 Å². The van der Waals surface area contributed by atoms with E-state index in [0.717, 1.165) is 14.2 Å². The van der Waals surface area contributed by atoms with Crippen LogP contribution < -0.4 is 30.2 Å². The molecule has 0 aliphatic carbocycles. The van der Waals surface area contributed by atoms with E-state index < -0.39 is 11.8 Å². The molecule has 3 N–H and O–H groups in total. The largest absolute Gasteiger partial charge is 0.493 e. The number of rotatable bonds is 12. The normalized spacial score (nSPS) is 11.6. The summed E-state index contributed by atoms with van der Waals surface area (Å²) in [6, 6.07) is 26.6. The number of methoxy groups -OCH3 is 3. The highest BCUT2D eigenvalue weighted by Gasteiger charge is 2.19. The van der Waals surface area contributed by atoms with E-state index in [1.165, 1.54) is 39.2 Å². The van der Waals surface area contributed by atoms with Crippen molar-refractivity contribution in [1.82, 2.24) is 5.32 Å². The molecule has 0 aromatic heterocycles. The molecule has 0 radical (unpaired) electrons. The number of anilines is 2. The van der Waals surface area contributed by atoms with Crippen LogP contribution in [0.25, 0.3) is 6.08 Å². The lowest BCUT2D eigenvalue weighted by Crippen LogP contribution is -2.30. The third-order valence-corrected chi connectivity index (χ3v) is 8.26. The zero-order valence-electron chi connectivity index (χ0n) is 25.1. The fraction of sp³-hybridized carbons (Fsp3) is 0.147. The number of thioether (sulfide) groups is 1. The number of halogens is 1. The molecule has 9 nitrogen and oxygen atoms in total. The Labute approximate surface area is 279 Å². The van der Waals surface area contributed by atoms with Crippen molar-refractivity contribution in [2.75, 3.05) is 32.0 Å². The number of hydrogen-bond donors (Lipinski definition) is 3. The Bertz CT molecular complexity index is 1650. The monoisotopic (exact) mass is 737 g/mol. The Kier molecular flexibility index (Phi) is 11.9. The second-order valence-corrected chi connectivity index (χ2v) is 12.2. The van der Waals surface area contributed by atoms with Crippen molar-refractivity contribution in [3.8, 4) is 17.2 Å². The van der Waals surface area contributed by atoms with E-state index in [1.807, 2.05) is 43.3 Å². The lowest BCUT2D eigenvalue weighted by atomic mass is 10.1. The lowest BCUT2D eigenvalue weighted by Gasteiger charge is -2.15. The average Bonchev–Trinajstić information content (AvgIpc) is 3.06. The van der Waals surface area contributed by atoms with Crippen LogP contribution in [-0.2, 0) is 9.59 Å². The first kappa shape index (κ1) is 33.4. The van der Waals surface area contributed by atoms with E-state index >= 15 is 0 Å². The van der Waals surface area contributed by atoms with Gasteiger partial charge in [0.1, 0.15) is 5.70 Å². The summed E-state index contributed by atoms with van der Waals surface area (Å²) in [5.41, 5.74) is 2.16. The van der Waals surface area contributed by atoms with E-state index in [1.54, 1.807) is 54.6 Å². The Morgan fingerprint density at radius 2 is 1.36 bits per heavy atom. The molecule has 0 aliphatic rings. The van der Waals surface area contributed by atoms with Gasteiger partial charge in [0, 0.05) is 25.4 Å². The summed E-state index contributed by atoms with van der Waals surface area (Å²) in [5, 5.41) is 8.14. The van der Waals surface area contributed by atoms with Crippen LogP contribution in [0.1, 0.15) is 22.8 Å². The Morgan fingerprint density at radius 1 is 0.778 bits per heavy atom. The van der Waals surface area contributed by atoms with Crippen LogP contribution >= 0.6 is 34.4 Å². The fourth-order valence-corrected chi connectivity index (χ4v) is 5.37. The molecule has 4 rings (SSSR count). The van der Waals surface area contributed by atoms with Crippen molar-refractivity contribution in [3.05, 3.63) is 111 Å². The minimum absolute atomic E-state index is 0.00234. The van der Waals surface area contributed by atoms with Gasteiger partial charge in [-0.05, 0) is 114 Å². The van der Waals surface area contributed by atoms with Gasteiger partial charge in [0.2, 0.25) is 11.7 Å². The van der Waals surface area contributed by atoms with Crippen LogP contribution in [0.4, 0.5) is 11.4 Å². The first-order valence-corrected chi connectivity index (χ1v) is 15.7. The van der Waals surface area contributed by atoms with E-state index in [4.69, 9.17) is 14.2 Å². The summed E-state index contributed by atoms with van der Waals surface area (Å²) < 4.78 is 17.4. The standard InChI is InChI=1S/C34H32IN3O6S/c1-21(32(39)36-25-12-10-24(35)11-13-25)45-27-16-14-26(15-17-27)37-34(41)28(38-33(40)23-8-6-5-7-9-23)18-22-19-29(42-2)31(44-4)30(20-22)43-3/h5-21H,1-4H3,(H,36,39)(H,37,41)(H,38,40)/b28-18-. The van der Waals surface area contributed by atoms with E-state index in [9.17, 15) is 14.4 Å². The van der Waals surface area contributed by atoms with Gasteiger partial charge in [-0.1, -0.05) is 18.2 Å². The number of ether oxygens (including phenoxy) is 3. The van der Waals surface area contributed by atoms with Crippen molar-refractivity contribution in [2.24, 2.45) is 0 Å². The molecule has 11 heteroatoms. The Balaban J connectivity index is 1.51. The smallest absolute Gasteiger partial charge is 0.272 e. The highest BCUT2D eigenvalue weighted by Crippen LogP contribution is 2.38. The molecule has 0 bridgehead atoms. The third kappa shape index (κ3) is 9.25. The molecule has 45 heavy (non-hydrogen) atoms. The maximum absolute atomic E-state index is 13.5. The number of carbonyl (C=O) groups is 3. The molecule has 4 aromatic rings. The van der Waals surface area contributed by atoms with Crippen LogP contribution in [-0.4, -0.2) is 44.3 Å². The quantitative estimate of drug-likeness (QED) is 0.0829. The first-order valence-electron chi connectivity index (χ1n) is 13.7. The van der Waals surface area contributed by atoms with Crippen LogP contribution in [0.3, 0.4) is 0 Å². The average molecular weight is 738 g/mol. The summed E-state index contributed by atoms with van der Waals surface area (Å²) in [4.78, 5) is 40.1. The molecule has 4 aromatic carbocycles. The lowest BCUT2D eigenvalue weighted by molar-refractivity contribution is -0.115. The maximum atomic E-state index is 13.5. The van der Waals surface area contributed by atoms with Gasteiger partial charge in [0.25, 0.3) is 11.8 Å². The van der Waals surface area contributed by atoms with Gasteiger partial charge < -0.3 is 30.2 Å². The molecule has 232 valence electrons. The van der Waals surface area contributed by atoms with Crippen LogP contribution in [0.2, 0.25) is 0 Å². The number of carbonyl (C=O) groups excluding carboxylic acids is 3. The number of amides is 3. The van der Waals surface area contributed by atoms with Crippen molar-refractivity contribution in [1.29, 1.82) is 0 Å². The molecule has 0 saturated carbocycles. The summed E-state index contributed by atoms with van der Waals surface area (Å²) in [6.45, 7) is 1.83. The zero-order valence-corrected chi connectivity index (χ0v) is 28.0. The summed E-state index contributed by atoms with van der Waals surface area (Å²) in [5.74, 6) is 0.0800. The Hall–Kier alpha value is -4.49. The highest BCUT2D eigenvalue weighted by atomic mass is 127. The fourth-order valence-electron chi connectivity index (χ4n) is 4.14.